The lowest BCUT2D eigenvalue weighted by Gasteiger charge is -2.26. The molecule has 0 saturated carbocycles. The molecule has 0 N–H and O–H groups in total. The fraction of sp³-hybridized carbons (Fsp3) is 0.385. The number of carbonyl (C=O) groups is 2. The van der Waals surface area contributed by atoms with Crippen LogP contribution in [-0.4, -0.2) is 36.5 Å². The van der Waals surface area contributed by atoms with E-state index in [4.69, 9.17) is 11.6 Å². The van der Waals surface area contributed by atoms with Crippen LogP contribution in [0.25, 0.3) is 0 Å². The second-order valence-electron chi connectivity index (χ2n) is 4.23. The van der Waals surface area contributed by atoms with Gasteiger partial charge in [-0.3, -0.25) is 9.59 Å². The molecule has 1 aromatic carbocycles. The van der Waals surface area contributed by atoms with E-state index in [1.807, 2.05) is 13.8 Å². The summed E-state index contributed by atoms with van der Waals surface area (Å²) in [7, 11) is 1.30. The highest BCUT2D eigenvalue weighted by Gasteiger charge is 2.23. The molecule has 1 aromatic rings. The summed E-state index contributed by atoms with van der Waals surface area (Å²) in [4.78, 5) is 25.2. The Morgan fingerprint density at radius 3 is 2.53 bits per heavy atom. The Morgan fingerprint density at radius 2 is 2.05 bits per heavy atom. The largest absolute Gasteiger partial charge is 0.468 e. The molecule has 6 heteroatoms. The van der Waals surface area contributed by atoms with Crippen molar-refractivity contribution in [2.75, 3.05) is 13.7 Å². The molecule has 0 heterocycles. The predicted molar refractivity (Wildman–Crippen MR) is 77.3 cm³/mol. The number of benzene rings is 1. The predicted octanol–water partition coefficient (Wildman–Crippen LogP) is 3.13. The SMILES string of the molecule is COC(=O)CN(C(=O)c1ccc(Cl)cc1Br)C(C)C. The summed E-state index contributed by atoms with van der Waals surface area (Å²) in [6.45, 7) is 3.59. The molecule has 0 atom stereocenters. The minimum Gasteiger partial charge on any atom is -0.468 e. The van der Waals surface area contributed by atoms with Crippen molar-refractivity contribution in [2.45, 2.75) is 19.9 Å². The molecule has 4 nitrogen and oxygen atoms in total. The molecule has 0 saturated heterocycles. The molecule has 0 radical (unpaired) electrons. The average Bonchev–Trinajstić information content (AvgIpc) is 2.34. The number of nitrogens with zero attached hydrogens (tertiary/aromatic N) is 1. The minimum absolute atomic E-state index is 0.0813. The summed E-state index contributed by atoms with van der Waals surface area (Å²) in [5.41, 5.74) is 0.460. The first-order valence-electron chi connectivity index (χ1n) is 5.69. The van der Waals surface area contributed by atoms with E-state index in [9.17, 15) is 9.59 Å². The molecule has 104 valence electrons. The van der Waals surface area contributed by atoms with Crippen molar-refractivity contribution in [3.05, 3.63) is 33.3 Å². The molecule has 19 heavy (non-hydrogen) atoms. The maximum atomic E-state index is 12.4. The fourth-order valence-electron chi connectivity index (χ4n) is 1.51. The Balaban J connectivity index is 3.02. The summed E-state index contributed by atoms with van der Waals surface area (Å²) < 4.78 is 5.20. The second kappa shape index (κ2) is 6.91. The van der Waals surface area contributed by atoms with E-state index < -0.39 is 5.97 Å². The third kappa shape index (κ3) is 4.21. The Kier molecular flexibility index (Phi) is 5.82. The summed E-state index contributed by atoms with van der Waals surface area (Å²) in [6.07, 6.45) is 0. The van der Waals surface area contributed by atoms with Crippen LogP contribution in [0.5, 0.6) is 0 Å². The number of hydrogen-bond acceptors (Lipinski definition) is 3. The monoisotopic (exact) mass is 347 g/mol. The lowest BCUT2D eigenvalue weighted by Crippen LogP contribution is -2.41. The summed E-state index contributed by atoms with van der Waals surface area (Å²) in [5.74, 6) is -0.698. The van der Waals surface area contributed by atoms with E-state index in [1.165, 1.54) is 12.0 Å². The standard InChI is InChI=1S/C13H15BrClNO3/c1-8(2)16(7-12(17)19-3)13(18)10-5-4-9(15)6-11(10)14/h4-6,8H,7H2,1-3H3. The Morgan fingerprint density at radius 1 is 1.42 bits per heavy atom. The first-order valence-corrected chi connectivity index (χ1v) is 6.86. The van der Waals surface area contributed by atoms with Gasteiger partial charge in [0.15, 0.2) is 0 Å². The molecule has 1 amide bonds. The topological polar surface area (TPSA) is 46.6 Å². The van der Waals surface area contributed by atoms with Gasteiger partial charge in [0, 0.05) is 15.5 Å². The number of hydrogen-bond donors (Lipinski definition) is 0. The van der Waals surface area contributed by atoms with Gasteiger partial charge in [0.05, 0.1) is 12.7 Å². The van der Waals surface area contributed by atoms with E-state index in [-0.39, 0.29) is 18.5 Å². The lowest BCUT2D eigenvalue weighted by molar-refractivity contribution is -0.141. The highest BCUT2D eigenvalue weighted by atomic mass is 79.9. The van der Waals surface area contributed by atoms with Crippen molar-refractivity contribution >= 4 is 39.4 Å². The number of ether oxygens (including phenoxy) is 1. The van der Waals surface area contributed by atoms with Gasteiger partial charge in [-0.1, -0.05) is 11.6 Å². The third-order valence-electron chi connectivity index (χ3n) is 2.57. The summed E-state index contributed by atoms with van der Waals surface area (Å²) >= 11 is 9.14. The number of rotatable bonds is 4. The molecule has 0 aliphatic carbocycles. The van der Waals surface area contributed by atoms with Crippen LogP contribution in [0.1, 0.15) is 24.2 Å². The maximum Gasteiger partial charge on any atom is 0.325 e. The number of halogens is 2. The van der Waals surface area contributed by atoms with E-state index >= 15 is 0 Å². The molecular weight excluding hydrogens is 334 g/mol. The fourth-order valence-corrected chi connectivity index (χ4v) is 2.36. The molecule has 0 spiro atoms. The Hall–Kier alpha value is -1.07. The normalized spacial score (nSPS) is 10.4. The van der Waals surface area contributed by atoms with Crippen LogP contribution in [0.4, 0.5) is 0 Å². The molecule has 1 rings (SSSR count). The van der Waals surface area contributed by atoms with Crippen molar-refractivity contribution in [3.63, 3.8) is 0 Å². The summed E-state index contributed by atoms with van der Waals surface area (Å²) in [5, 5.41) is 0.535. The van der Waals surface area contributed by atoms with Crippen LogP contribution >= 0.6 is 27.5 Å². The molecule has 0 aliphatic rings. The minimum atomic E-state index is -0.452. The Bertz CT molecular complexity index is 491. The van der Waals surface area contributed by atoms with Gasteiger partial charge in [0.25, 0.3) is 5.91 Å². The van der Waals surface area contributed by atoms with E-state index in [0.29, 0.717) is 15.1 Å². The molecule has 0 unspecified atom stereocenters. The van der Waals surface area contributed by atoms with Gasteiger partial charge in [-0.25, -0.2) is 0 Å². The van der Waals surface area contributed by atoms with Gasteiger partial charge in [0.1, 0.15) is 6.54 Å². The lowest BCUT2D eigenvalue weighted by atomic mass is 10.1. The molecule has 0 aliphatic heterocycles. The van der Waals surface area contributed by atoms with Crippen molar-refractivity contribution in [1.29, 1.82) is 0 Å². The zero-order chi connectivity index (χ0) is 14.6. The Labute approximate surface area is 125 Å². The van der Waals surface area contributed by atoms with Crippen molar-refractivity contribution in [3.8, 4) is 0 Å². The highest BCUT2D eigenvalue weighted by Crippen LogP contribution is 2.23. The molecule has 0 aromatic heterocycles. The smallest absolute Gasteiger partial charge is 0.325 e. The van der Waals surface area contributed by atoms with Gasteiger partial charge in [-0.15, -0.1) is 0 Å². The van der Waals surface area contributed by atoms with Gasteiger partial charge >= 0.3 is 5.97 Å². The molecule has 0 fully saturated rings. The highest BCUT2D eigenvalue weighted by molar-refractivity contribution is 9.10. The van der Waals surface area contributed by atoms with Crippen LogP contribution in [0.3, 0.4) is 0 Å². The van der Waals surface area contributed by atoms with Crippen molar-refractivity contribution in [2.24, 2.45) is 0 Å². The first kappa shape index (κ1) is 16.0. The first-order chi connectivity index (χ1) is 8.86. The van der Waals surface area contributed by atoms with E-state index in [1.54, 1.807) is 18.2 Å². The number of carbonyl (C=O) groups excluding carboxylic acids is 2. The maximum absolute atomic E-state index is 12.4. The van der Waals surface area contributed by atoms with Crippen LogP contribution < -0.4 is 0 Å². The van der Waals surface area contributed by atoms with E-state index in [0.717, 1.165) is 0 Å². The van der Waals surface area contributed by atoms with Crippen LogP contribution in [-0.2, 0) is 9.53 Å². The third-order valence-corrected chi connectivity index (χ3v) is 3.46. The van der Waals surface area contributed by atoms with Crippen molar-refractivity contribution in [1.82, 2.24) is 4.90 Å². The van der Waals surface area contributed by atoms with E-state index in [2.05, 4.69) is 20.7 Å². The van der Waals surface area contributed by atoms with Crippen LogP contribution in [0.15, 0.2) is 22.7 Å². The van der Waals surface area contributed by atoms with Gasteiger partial charge in [0.2, 0.25) is 0 Å². The average molecular weight is 349 g/mol. The van der Waals surface area contributed by atoms with Gasteiger partial charge in [-0.2, -0.15) is 0 Å². The number of methoxy groups -OCH3 is 1. The quantitative estimate of drug-likeness (QED) is 0.785. The second-order valence-corrected chi connectivity index (χ2v) is 5.52. The zero-order valence-electron chi connectivity index (χ0n) is 10.9. The number of esters is 1. The van der Waals surface area contributed by atoms with Crippen LogP contribution in [0, 0.1) is 0 Å². The molecule has 0 bridgehead atoms. The molecular formula is C13H15BrClNO3. The number of amides is 1. The zero-order valence-corrected chi connectivity index (χ0v) is 13.3. The van der Waals surface area contributed by atoms with Gasteiger partial charge < -0.3 is 9.64 Å². The van der Waals surface area contributed by atoms with Gasteiger partial charge in [-0.05, 0) is 48.0 Å². The summed E-state index contributed by atoms with van der Waals surface area (Å²) in [6, 6.07) is 4.79. The van der Waals surface area contributed by atoms with Crippen LogP contribution in [0.2, 0.25) is 5.02 Å². The van der Waals surface area contributed by atoms with Crippen molar-refractivity contribution < 1.29 is 14.3 Å².